The molecule has 168 valence electrons. The number of nitrogens with zero attached hydrogens (tertiary/aromatic N) is 3. The number of piperidine rings is 1. The summed E-state index contributed by atoms with van der Waals surface area (Å²) >= 11 is 0. The van der Waals surface area contributed by atoms with E-state index in [1.807, 2.05) is 33.9 Å². The molecule has 5 rings (SSSR count). The molecule has 3 heterocycles. The Kier molecular flexibility index (Phi) is 5.41. The van der Waals surface area contributed by atoms with E-state index in [1.54, 1.807) is 24.4 Å². The van der Waals surface area contributed by atoms with Gasteiger partial charge in [0, 0.05) is 49.7 Å². The fourth-order valence-corrected chi connectivity index (χ4v) is 5.09. The SMILES string of the molecule is CS(=O)(=O)c1ccc2c(ccn2-c2ccc(OC3CCN(C(=O)C4CCC4)CC3)cn2)c1. The van der Waals surface area contributed by atoms with Crippen molar-refractivity contribution in [2.75, 3.05) is 19.3 Å². The first-order valence-corrected chi connectivity index (χ1v) is 13.0. The van der Waals surface area contributed by atoms with Crippen LogP contribution in [0.3, 0.4) is 0 Å². The molecule has 1 amide bonds. The molecule has 0 N–H and O–H groups in total. The Morgan fingerprint density at radius 1 is 1.06 bits per heavy atom. The van der Waals surface area contributed by atoms with Gasteiger partial charge in [0.25, 0.3) is 0 Å². The topological polar surface area (TPSA) is 81.5 Å². The molecule has 3 aromatic rings. The number of hydrogen-bond acceptors (Lipinski definition) is 5. The van der Waals surface area contributed by atoms with Crippen molar-refractivity contribution in [2.24, 2.45) is 5.92 Å². The van der Waals surface area contributed by atoms with Crippen molar-refractivity contribution in [3.05, 3.63) is 48.8 Å². The van der Waals surface area contributed by atoms with Gasteiger partial charge in [-0.2, -0.15) is 0 Å². The summed E-state index contributed by atoms with van der Waals surface area (Å²) in [6.45, 7) is 1.52. The van der Waals surface area contributed by atoms with E-state index in [-0.39, 0.29) is 12.0 Å². The molecule has 7 nitrogen and oxygen atoms in total. The smallest absolute Gasteiger partial charge is 0.225 e. The van der Waals surface area contributed by atoms with Crippen LogP contribution in [-0.4, -0.2) is 54.2 Å². The van der Waals surface area contributed by atoms with Gasteiger partial charge < -0.3 is 14.2 Å². The summed E-state index contributed by atoms with van der Waals surface area (Å²) in [5, 5.41) is 0.846. The van der Waals surface area contributed by atoms with E-state index >= 15 is 0 Å². The van der Waals surface area contributed by atoms with Gasteiger partial charge in [0.15, 0.2) is 9.84 Å². The van der Waals surface area contributed by atoms with E-state index < -0.39 is 9.84 Å². The largest absolute Gasteiger partial charge is 0.489 e. The van der Waals surface area contributed by atoms with Gasteiger partial charge in [0.2, 0.25) is 5.91 Å². The van der Waals surface area contributed by atoms with Crippen LogP contribution in [0.2, 0.25) is 0 Å². The molecule has 0 atom stereocenters. The Morgan fingerprint density at radius 2 is 1.84 bits per heavy atom. The maximum Gasteiger partial charge on any atom is 0.225 e. The normalized spacial score (nSPS) is 18.0. The van der Waals surface area contributed by atoms with Gasteiger partial charge in [-0.3, -0.25) is 4.79 Å². The zero-order chi connectivity index (χ0) is 22.3. The average Bonchev–Trinajstić information content (AvgIpc) is 3.16. The van der Waals surface area contributed by atoms with Gasteiger partial charge in [-0.15, -0.1) is 0 Å². The molecule has 0 radical (unpaired) electrons. The third-order valence-corrected chi connectivity index (χ3v) is 7.68. The standard InChI is InChI=1S/C24H27N3O4S/c1-32(29,30)21-6-7-22-18(15-21)9-14-27(22)23-8-5-20(16-25-23)31-19-10-12-26(13-11-19)24(28)17-3-2-4-17/h5-9,14-17,19H,2-4,10-13H2,1H3. The number of carbonyl (C=O) groups is 1. The quantitative estimate of drug-likeness (QED) is 0.590. The van der Waals surface area contributed by atoms with Crippen molar-refractivity contribution in [3.8, 4) is 11.6 Å². The van der Waals surface area contributed by atoms with Crippen molar-refractivity contribution >= 4 is 26.6 Å². The van der Waals surface area contributed by atoms with Gasteiger partial charge in [0.05, 0.1) is 16.6 Å². The molecule has 2 aliphatic rings. The molecule has 1 aliphatic heterocycles. The second kappa shape index (κ2) is 8.24. The number of hydrogen-bond donors (Lipinski definition) is 0. The molecule has 32 heavy (non-hydrogen) atoms. The first kappa shape index (κ1) is 21.0. The fourth-order valence-electron chi connectivity index (χ4n) is 4.44. The highest BCUT2D eigenvalue weighted by Crippen LogP contribution is 2.30. The Morgan fingerprint density at radius 3 is 2.47 bits per heavy atom. The number of ether oxygens (including phenoxy) is 1. The van der Waals surface area contributed by atoms with Crippen molar-refractivity contribution in [1.29, 1.82) is 0 Å². The summed E-state index contributed by atoms with van der Waals surface area (Å²) in [4.78, 5) is 19.3. The minimum Gasteiger partial charge on any atom is -0.489 e. The van der Waals surface area contributed by atoms with Gasteiger partial charge in [0.1, 0.15) is 17.7 Å². The Bertz CT molecular complexity index is 1240. The molecule has 0 spiro atoms. The highest BCUT2D eigenvalue weighted by molar-refractivity contribution is 7.90. The van der Waals surface area contributed by atoms with Crippen molar-refractivity contribution < 1.29 is 17.9 Å². The summed E-state index contributed by atoms with van der Waals surface area (Å²) in [5.74, 6) is 2.03. The number of pyridine rings is 1. The zero-order valence-electron chi connectivity index (χ0n) is 18.1. The molecule has 0 bridgehead atoms. The van der Waals surface area contributed by atoms with Crippen molar-refractivity contribution in [1.82, 2.24) is 14.5 Å². The number of carbonyl (C=O) groups excluding carboxylic acids is 1. The average molecular weight is 454 g/mol. The molecule has 0 unspecified atom stereocenters. The van der Waals surface area contributed by atoms with E-state index in [9.17, 15) is 13.2 Å². The van der Waals surface area contributed by atoms with Crippen molar-refractivity contribution in [2.45, 2.75) is 43.1 Å². The highest BCUT2D eigenvalue weighted by atomic mass is 32.2. The fraction of sp³-hybridized carbons (Fsp3) is 0.417. The predicted octanol–water partition coefficient (Wildman–Crippen LogP) is 3.60. The summed E-state index contributed by atoms with van der Waals surface area (Å²) in [7, 11) is -3.24. The van der Waals surface area contributed by atoms with Crippen LogP contribution in [0.15, 0.2) is 53.7 Å². The number of amides is 1. The molecule has 1 aromatic carbocycles. The molecule has 8 heteroatoms. The maximum atomic E-state index is 12.4. The number of sulfone groups is 1. The van der Waals surface area contributed by atoms with Crippen LogP contribution in [0.5, 0.6) is 5.75 Å². The lowest BCUT2D eigenvalue weighted by molar-refractivity contribution is -0.140. The number of aromatic nitrogens is 2. The minimum absolute atomic E-state index is 0.0925. The van der Waals surface area contributed by atoms with E-state index in [0.29, 0.717) is 16.6 Å². The summed E-state index contributed by atoms with van der Waals surface area (Å²) in [5.41, 5.74) is 0.891. The number of rotatable bonds is 5. The minimum atomic E-state index is -3.24. The number of benzene rings is 1. The lowest BCUT2D eigenvalue weighted by atomic mass is 9.84. The van der Waals surface area contributed by atoms with Crippen LogP contribution in [0.1, 0.15) is 32.1 Å². The van der Waals surface area contributed by atoms with E-state index in [4.69, 9.17) is 4.74 Å². The number of likely N-dealkylation sites (tertiary alicyclic amines) is 1. The summed E-state index contributed by atoms with van der Waals surface area (Å²) < 4.78 is 31.6. The monoisotopic (exact) mass is 453 g/mol. The van der Waals surface area contributed by atoms with Crippen LogP contribution in [0, 0.1) is 5.92 Å². The zero-order valence-corrected chi connectivity index (χ0v) is 18.9. The van der Waals surface area contributed by atoms with Gasteiger partial charge in [-0.1, -0.05) is 6.42 Å². The predicted molar refractivity (Wildman–Crippen MR) is 122 cm³/mol. The van der Waals surface area contributed by atoms with Crippen LogP contribution in [0.4, 0.5) is 0 Å². The third kappa shape index (κ3) is 4.11. The first-order chi connectivity index (χ1) is 15.4. The second-order valence-corrected chi connectivity index (χ2v) is 10.8. The lowest BCUT2D eigenvalue weighted by Crippen LogP contribution is -2.45. The van der Waals surface area contributed by atoms with E-state index in [2.05, 4.69) is 4.98 Å². The highest BCUT2D eigenvalue weighted by Gasteiger charge is 2.32. The number of fused-ring (bicyclic) bond motifs is 1. The third-order valence-electron chi connectivity index (χ3n) is 6.57. The molecule has 2 fully saturated rings. The van der Waals surface area contributed by atoms with Crippen LogP contribution in [-0.2, 0) is 14.6 Å². The van der Waals surface area contributed by atoms with E-state index in [0.717, 1.165) is 55.5 Å². The molecule has 1 aliphatic carbocycles. The Balaban J connectivity index is 1.23. The Labute approximate surface area is 187 Å². The molecule has 1 saturated carbocycles. The summed E-state index contributed by atoms with van der Waals surface area (Å²) in [6, 6.07) is 10.8. The van der Waals surface area contributed by atoms with Gasteiger partial charge in [-0.25, -0.2) is 13.4 Å². The molecule has 1 saturated heterocycles. The molecular weight excluding hydrogens is 426 g/mol. The first-order valence-electron chi connectivity index (χ1n) is 11.1. The second-order valence-electron chi connectivity index (χ2n) is 8.80. The van der Waals surface area contributed by atoms with Gasteiger partial charge in [-0.05, 0) is 49.2 Å². The molecular formula is C24H27N3O4S. The lowest BCUT2D eigenvalue weighted by Gasteiger charge is -2.36. The van der Waals surface area contributed by atoms with Crippen LogP contribution >= 0.6 is 0 Å². The summed E-state index contributed by atoms with van der Waals surface area (Å²) in [6.07, 6.45) is 9.85. The van der Waals surface area contributed by atoms with Crippen LogP contribution < -0.4 is 4.74 Å². The van der Waals surface area contributed by atoms with Gasteiger partial charge >= 0.3 is 0 Å². The van der Waals surface area contributed by atoms with E-state index in [1.165, 1.54) is 12.7 Å². The van der Waals surface area contributed by atoms with Crippen molar-refractivity contribution in [3.63, 3.8) is 0 Å². The van der Waals surface area contributed by atoms with Crippen LogP contribution in [0.25, 0.3) is 16.7 Å². The maximum absolute atomic E-state index is 12.4. The molecule has 2 aromatic heterocycles. The Hall–Kier alpha value is -2.87.